The second-order valence-corrected chi connectivity index (χ2v) is 22.5. The van der Waals surface area contributed by atoms with Gasteiger partial charge in [-0.15, -0.1) is 0 Å². The van der Waals surface area contributed by atoms with Crippen LogP contribution in [-0.4, -0.2) is 193 Å². The Morgan fingerprint density at radius 2 is 0.824 bits per heavy atom. The summed E-state index contributed by atoms with van der Waals surface area (Å²) < 4.78 is 34.2. The van der Waals surface area contributed by atoms with Gasteiger partial charge in [0.2, 0.25) is 5.91 Å². The lowest BCUT2D eigenvalue weighted by atomic mass is 9.96. The van der Waals surface area contributed by atoms with Crippen LogP contribution in [0.2, 0.25) is 0 Å². The maximum absolute atomic E-state index is 13.4. The molecule has 3 fully saturated rings. The van der Waals surface area contributed by atoms with Gasteiger partial charge in [-0.3, -0.25) is 4.79 Å². The number of carbonyl (C=O) groups excluding carboxylic acids is 1. The van der Waals surface area contributed by atoms with Gasteiger partial charge in [-0.25, -0.2) is 0 Å². The lowest BCUT2D eigenvalue weighted by Gasteiger charge is -2.48. The van der Waals surface area contributed by atoms with Gasteiger partial charge in [-0.1, -0.05) is 182 Å². The molecule has 19 heteroatoms. The zero-order valence-corrected chi connectivity index (χ0v) is 51.0. The van der Waals surface area contributed by atoms with Crippen LogP contribution in [0, 0.1) is 0 Å². The zero-order valence-electron chi connectivity index (χ0n) is 51.0. The minimum atomic E-state index is -1.99. The summed E-state index contributed by atoms with van der Waals surface area (Å²) in [5.74, 6) is -0.306. The molecule has 0 aromatic heterocycles. The Morgan fingerprint density at radius 1 is 0.435 bits per heavy atom. The van der Waals surface area contributed by atoms with E-state index in [4.69, 9.17) is 28.4 Å². The third-order valence-corrected chi connectivity index (χ3v) is 15.3. The van der Waals surface area contributed by atoms with Crippen molar-refractivity contribution < 1.29 is 89.4 Å². The molecule has 85 heavy (non-hydrogen) atoms. The van der Waals surface area contributed by atoms with Crippen LogP contribution in [0.1, 0.15) is 181 Å². The van der Waals surface area contributed by atoms with Gasteiger partial charge in [0.1, 0.15) is 73.2 Å². The molecule has 17 unspecified atom stereocenters. The van der Waals surface area contributed by atoms with Crippen molar-refractivity contribution in [3.8, 4) is 0 Å². The molecular weight excluding hydrogens is 1090 g/mol. The first-order chi connectivity index (χ1) is 41.3. The molecule has 3 saturated heterocycles. The lowest BCUT2D eigenvalue weighted by molar-refractivity contribution is -0.379. The van der Waals surface area contributed by atoms with Crippen LogP contribution in [0.15, 0.2) is 97.2 Å². The highest BCUT2D eigenvalue weighted by molar-refractivity contribution is 5.76. The monoisotopic (exact) mass is 1210 g/mol. The Bertz CT molecular complexity index is 1920. The molecule has 3 aliphatic rings. The van der Waals surface area contributed by atoms with Crippen LogP contribution in [0.3, 0.4) is 0 Å². The van der Waals surface area contributed by atoms with Gasteiger partial charge < -0.3 is 89.9 Å². The van der Waals surface area contributed by atoms with Gasteiger partial charge in [0.25, 0.3) is 0 Å². The van der Waals surface area contributed by atoms with E-state index >= 15 is 0 Å². The van der Waals surface area contributed by atoms with Crippen LogP contribution in [0.25, 0.3) is 0 Å². The van der Waals surface area contributed by atoms with Gasteiger partial charge in [0, 0.05) is 6.42 Å². The third kappa shape index (κ3) is 30.7. The molecule has 3 heterocycles. The normalized spacial score (nSPS) is 29.6. The molecule has 0 saturated carbocycles. The summed E-state index contributed by atoms with van der Waals surface area (Å²) in [4.78, 5) is 13.4. The number of allylic oxidation sites excluding steroid dienone is 15. The molecule has 0 bridgehead atoms. The number of ether oxygens (including phenoxy) is 6. The number of amides is 1. The topological polar surface area (TPSA) is 307 Å². The Labute approximate surface area is 507 Å². The molecule has 19 nitrogen and oxygen atoms in total. The van der Waals surface area contributed by atoms with Crippen LogP contribution in [-0.2, 0) is 33.2 Å². The van der Waals surface area contributed by atoms with Gasteiger partial charge in [-0.05, 0) is 89.9 Å². The van der Waals surface area contributed by atoms with Gasteiger partial charge in [-0.2, -0.15) is 0 Å². The molecule has 0 spiro atoms. The molecule has 3 aliphatic heterocycles. The summed E-state index contributed by atoms with van der Waals surface area (Å²) >= 11 is 0. The average molecular weight is 1210 g/mol. The van der Waals surface area contributed by atoms with Crippen molar-refractivity contribution in [2.24, 2.45) is 0 Å². The number of hydrogen-bond donors (Lipinski definition) is 12. The fourth-order valence-electron chi connectivity index (χ4n) is 10.1. The van der Waals surface area contributed by atoms with Crippen LogP contribution in [0.4, 0.5) is 0 Å². The van der Waals surface area contributed by atoms with Crippen molar-refractivity contribution in [2.75, 3.05) is 26.4 Å². The predicted molar refractivity (Wildman–Crippen MR) is 327 cm³/mol. The molecule has 488 valence electrons. The number of hydrogen-bond acceptors (Lipinski definition) is 18. The second kappa shape index (κ2) is 47.7. The molecule has 0 radical (unpaired) electrons. The van der Waals surface area contributed by atoms with Crippen LogP contribution < -0.4 is 5.32 Å². The predicted octanol–water partition coefficient (Wildman–Crippen LogP) is 6.93. The highest BCUT2D eigenvalue weighted by Crippen LogP contribution is 2.33. The SMILES string of the molecule is CC/C=C\C/C=C\C/C=C\C/C=C\C/C=C\CCCCCCCCCC(=O)NC(COC1OC(CO)C(OC2OC(CO)C(OC3OC(CO)C(O)C(O)C3O)C(O)C2O)C(O)C1O)C(O)/C=C/CC/C=C/CC/C=C/CCCCCCCCC. The number of unbranched alkanes of at least 4 members (excludes halogenated alkanes) is 16. The molecule has 0 aliphatic carbocycles. The van der Waals surface area contributed by atoms with Gasteiger partial charge in [0.05, 0.1) is 38.6 Å². The summed E-state index contributed by atoms with van der Waals surface area (Å²) in [6.45, 7) is 1.55. The van der Waals surface area contributed by atoms with Gasteiger partial charge in [0.15, 0.2) is 18.9 Å². The van der Waals surface area contributed by atoms with Crippen molar-refractivity contribution in [3.63, 3.8) is 0 Å². The molecule has 0 aromatic carbocycles. The van der Waals surface area contributed by atoms with Crippen LogP contribution >= 0.6 is 0 Å². The number of nitrogens with one attached hydrogen (secondary N) is 1. The summed E-state index contributed by atoms with van der Waals surface area (Å²) in [5, 5.41) is 120. The summed E-state index contributed by atoms with van der Waals surface area (Å²) in [7, 11) is 0. The quantitative estimate of drug-likeness (QED) is 0.0217. The number of aliphatic hydroxyl groups excluding tert-OH is 11. The lowest BCUT2D eigenvalue weighted by Crippen LogP contribution is -2.66. The molecule has 12 N–H and O–H groups in total. The highest BCUT2D eigenvalue weighted by Gasteiger charge is 2.53. The van der Waals surface area contributed by atoms with Gasteiger partial charge >= 0.3 is 0 Å². The van der Waals surface area contributed by atoms with E-state index in [1.807, 2.05) is 6.08 Å². The molecule has 17 atom stereocenters. The highest BCUT2D eigenvalue weighted by atomic mass is 16.8. The van der Waals surface area contributed by atoms with Crippen LogP contribution in [0.5, 0.6) is 0 Å². The van der Waals surface area contributed by atoms with Crippen molar-refractivity contribution in [3.05, 3.63) is 97.2 Å². The Hall–Kier alpha value is -3.29. The fourth-order valence-corrected chi connectivity index (χ4v) is 10.1. The summed E-state index contributed by atoms with van der Waals surface area (Å²) in [5.41, 5.74) is 0. The van der Waals surface area contributed by atoms with E-state index in [2.05, 4.69) is 104 Å². The maximum atomic E-state index is 13.4. The van der Waals surface area contributed by atoms with E-state index in [0.29, 0.717) is 12.8 Å². The molecule has 0 aromatic rings. The standard InChI is InChI=1S/C66H111NO18/c1-3-5-7-9-11-13-15-17-19-21-22-23-24-25-26-28-30-32-34-36-38-40-42-44-54(72)67-49(50(71)43-41-39-37-35-33-31-29-27-20-18-16-14-12-10-8-6-4-2)48-80-64-60(78)57(75)62(52(46-69)82-64)85-66-61(79)58(76)63(53(47-70)83-66)84-65-59(77)56(74)55(73)51(45-68)81-65/h5,7,11,13,17,19-20,22-23,25-27,33,35,41,43,49-53,55-66,68-71,73-79H,3-4,6,8-10,12,14-16,18,21,24,28-32,34,36-40,42,44-48H2,1-2H3,(H,67,72)/b7-5-,13-11-,19-17-,23-22-,26-25-,27-20+,35-33+,43-41+. The van der Waals surface area contributed by atoms with E-state index in [1.54, 1.807) is 6.08 Å². The first kappa shape index (κ1) is 76.0. The Kier molecular flexibility index (Phi) is 42.6. The van der Waals surface area contributed by atoms with E-state index in [-0.39, 0.29) is 18.9 Å². The maximum Gasteiger partial charge on any atom is 0.220 e. The van der Waals surface area contributed by atoms with Crippen molar-refractivity contribution >= 4 is 5.91 Å². The van der Waals surface area contributed by atoms with E-state index in [9.17, 15) is 61.0 Å². The van der Waals surface area contributed by atoms with Crippen molar-refractivity contribution in [1.29, 1.82) is 0 Å². The van der Waals surface area contributed by atoms with E-state index in [1.165, 1.54) is 44.9 Å². The number of rotatable bonds is 46. The minimum absolute atomic E-state index is 0.213. The fraction of sp³-hybridized carbons (Fsp3) is 0.742. The molecule has 3 rings (SSSR count). The Morgan fingerprint density at radius 3 is 1.32 bits per heavy atom. The largest absolute Gasteiger partial charge is 0.394 e. The van der Waals surface area contributed by atoms with Crippen molar-refractivity contribution in [1.82, 2.24) is 5.32 Å². The van der Waals surface area contributed by atoms with E-state index in [0.717, 1.165) is 103 Å². The first-order valence-corrected chi connectivity index (χ1v) is 32.0. The third-order valence-electron chi connectivity index (χ3n) is 15.3. The number of carbonyl (C=O) groups is 1. The summed E-state index contributed by atoms with van der Waals surface area (Å²) in [6, 6.07) is -1.01. The Balaban J connectivity index is 1.49. The molecular formula is C66H111NO18. The summed E-state index contributed by atoms with van der Waals surface area (Å²) in [6.07, 6.45) is 33.7. The van der Waals surface area contributed by atoms with E-state index < -0.39 is 124 Å². The minimum Gasteiger partial charge on any atom is -0.394 e. The average Bonchev–Trinajstić information content (AvgIpc) is 3.64. The first-order valence-electron chi connectivity index (χ1n) is 32.0. The number of aliphatic hydroxyl groups is 11. The van der Waals surface area contributed by atoms with Crippen molar-refractivity contribution in [2.45, 2.75) is 285 Å². The zero-order chi connectivity index (χ0) is 61.9. The second-order valence-electron chi connectivity index (χ2n) is 22.5. The molecule has 1 amide bonds. The smallest absolute Gasteiger partial charge is 0.220 e.